The van der Waals surface area contributed by atoms with Gasteiger partial charge in [0.05, 0.1) is 0 Å². The highest BCUT2D eigenvalue weighted by Gasteiger charge is 2.32. The molecule has 26 heavy (non-hydrogen) atoms. The van der Waals surface area contributed by atoms with Crippen LogP contribution in [0.5, 0.6) is 0 Å². The predicted octanol–water partition coefficient (Wildman–Crippen LogP) is 3.28. The van der Waals surface area contributed by atoms with Crippen LogP contribution in [-0.2, 0) is 9.59 Å². The Morgan fingerprint density at radius 1 is 1.00 bits per heavy atom. The van der Waals surface area contributed by atoms with E-state index in [1.54, 1.807) is 24.3 Å². The number of aliphatic carboxylic acids is 1. The zero-order chi connectivity index (χ0) is 18.5. The third-order valence-corrected chi connectivity index (χ3v) is 5.40. The van der Waals surface area contributed by atoms with E-state index in [-0.39, 0.29) is 17.7 Å². The number of likely N-dealkylation sites (tertiary alicyclic amines) is 1. The molecule has 0 bridgehead atoms. The van der Waals surface area contributed by atoms with E-state index in [0.29, 0.717) is 24.2 Å². The molecule has 2 aliphatic rings. The molecule has 1 saturated carbocycles. The number of rotatable bonds is 4. The molecule has 1 saturated heterocycles. The highest BCUT2D eigenvalue weighted by Crippen LogP contribution is 2.26. The Labute approximate surface area is 153 Å². The van der Waals surface area contributed by atoms with Crippen LogP contribution in [0.15, 0.2) is 24.3 Å². The van der Waals surface area contributed by atoms with Crippen molar-refractivity contribution in [3.63, 3.8) is 0 Å². The van der Waals surface area contributed by atoms with E-state index in [4.69, 9.17) is 0 Å². The molecule has 0 unspecified atom stereocenters. The number of anilines is 1. The number of benzene rings is 1. The van der Waals surface area contributed by atoms with Crippen molar-refractivity contribution in [2.45, 2.75) is 57.4 Å². The lowest BCUT2D eigenvalue weighted by Gasteiger charge is -2.33. The SMILES string of the molecule is O=C(Nc1cccc(C(=O)N2CCCC[C@@H]2C(=O)O)c1)C1CCCCC1. The van der Waals surface area contributed by atoms with Crippen LogP contribution in [0.1, 0.15) is 61.7 Å². The van der Waals surface area contributed by atoms with Gasteiger partial charge in [0.15, 0.2) is 0 Å². The van der Waals surface area contributed by atoms with Gasteiger partial charge in [0.25, 0.3) is 5.91 Å². The van der Waals surface area contributed by atoms with Crippen molar-refractivity contribution >= 4 is 23.5 Å². The maximum absolute atomic E-state index is 12.8. The minimum Gasteiger partial charge on any atom is -0.480 e. The van der Waals surface area contributed by atoms with Gasteiger partial charge in [-0.1, -0.05) is 25.3 Å². The van der Waals surface area contributed by atoms with E-state index in [2.05, 4.69) is 5.32 Å². The lowest BCUT2D eigenvalue weighted by atomic mass is 9.88. The second kappa shape index (κ2) is 8.34. The molecule has 1 aliphatic carbocycles. The first-order valence-corrected chi connectivity index (χ1v) is 9.51. The maximum atomic E-state index is 12.8. The van der Waals surface area contributed by atoms with E-state index >= 15 is 0 Å². The number of nitrogens with zero attached hydrogens (tertiary/aromatic N) is 1. The van der Waals surface area contributed by atoms with Gasteiger partial charge in [-0.25, -0.2) is 4.79 Å². The molecule has 6 nitrogen and oxygen atoms in total. The monoisotopic (exact) mass is 358 g/mol. The summed E-state index contributed by atoms with van der Waals surface area (Å²) in [6.07, 6.45) is 7.31. The van der Waals surface area contributed by atoms with Crippen LogP contribution in [0.3, 0.4) is 0 Å². The molecule has 1 atom stereocenters. The summed E-state index contributed by atoms with van der Waals surface area (Å²) < 4.78 is 0. The molecule has 2 amide bonds. The van der Waals surface area contributed by atoms with Crippen LogP contribution < -0.4 is 5.32 Å². The molecule has 140 valence electrons. The van der Waals surface area contributed by atoms with Gasteiger partial charge in [0.2, 0.25) is 5.91 Å². The molecule has 1 aliphatic heterocycles. The third kappa shape index (κ3) is 4.23. The van der Waals surface area contributed by atoms with E-state index < -0.39 is 12.0 Å². The minimum absolute atomic E-state index is 0.00989. The summed E-state index contributed by atoms with van der Waals surface area (Å²) >= 11 is 0. The standard InChI is InChI=1S/C20H26N2O4/c23-18(14-7-2-1-3-8-14)21-16-10-6-9-15(13-16)19(24)22-12-5-4-11-17(22)20(25)26/h6,9-10,13-14,17H,1-5,7-8,11-12H2,(H,21,23)(H,25,26)/t17-/m1/s1. The molecule has 2 N–H and O–H groups in total. The lowest BCUT2D eigenvalue weighted by Crippen LogP contribution is -2.48. The molecule has 0 radical (unpaired) electrons. The van der Waals surface area contributed by atoms with Crippen molar-refractivity contribution in [2.75, 3.05) is 11.9 Å². The highest BCUT2D eigenvalue weighted by atomic mass is 16.4. The van der Waals surface area contributed by atoms with Gasteiger partial charge in [-0.15, -0.1) is 0 Å². The van der Waals surface area contributed by atoms with Crippen molar-refractivity contribution in [3.8, 4) is 0 Å². The van der Waals surface area contributed by atoms with Gasteiger partial charge < -0.3 is 15.3 Å². The smallest absolute Gasteiger partial charge is 0.326 e. The molecule has 1 aromatic rings. The summed E-state index contributed by atoms with van der Waals surface area (Å²) in [5.74, 6) is -1.19. The van der Waals surface area contributed by atoms with Gasteiger partial charge in [-0.3, -0.25) is 9.59 Å². The van der Waals surface area contributed by atoms with Gasteiger partial charge in [-0.2, -0.15) is 0 Å². The largest absolute Gasteiger partial charge is 0.480 e. The normalized spacial score (nSPS) is 21.2. The molecule has 3 rings (SSSR count). The van der Waals surface area contributed by atoms with E-state index in [0.717, 1.165) is 38.5 Å². The molecule has 1 heterocycles. The van der Waals surface area contributed by atoms with Crippen LogP contribution in [0.25, 0.3) is 0 Å². The Morgan fingerprint density at radius 2 is 1.73 bits per heavy atom. The Hall–Kier alpha value is -2.37. The number of carboxylic acids is 1. The molecule has 2 fully saturated rings. The molecular formula is C20H26N2O4. The predicted molar refractivity (Wildman–Crippen MR) is 98.0 cm³/mol. The molecule has 6 heteroatoms. The summed E-state index contributed by atoms with van der Waals surface area (Å²) in [6, 6.07) is 6.05. The number of nitrogens with one attached hydrogen (secondary N) is 1. The Morgan fingerprint density at radius 3 is 2.46 bits per heavy atom. The molecule has 0 aromatic heterocycles. The Kier molecular flexibility index (Phi) is 5.91. The van der Waals surface area contributed by atoms with Crippen molar-refractivity contribution in [1.29, 1.82) is 0 Å². The van der Waals surface area contributed by atoms with E-state index in [9.17, 15) is 19.5 Å². The highest BCUT2D eigenvalue weighted by molar-refractivity contribution is 5.99. The van der Waals surface area contributed by atoms with Crippen molar-refractivity contribution in [2.24, 2.45) is 5.92 Å². The number of hydrogen-bond acceptors (Lipinski definition) is 3. The summed E-state index contributed by atoms with van der Waals surface area (Å²) in [5.41, 5.74) is 1.01. The number of hydrogen-bond donors (Lipinski definition) is 2. The fraction of sp³-hybridized carbons (Fsp3) is 0.550. The number of piperidine rings is 1. The average Bonchev–Trinajstić information content (AvgIpc) is 2.68. The minimum atomic E-state index is -0.959. The number of carbonyl (C=O) groups excluding carboxylic acids is 2. The molecule has 1 aromatic carbocycles. The van der Waals surface area contributed by atoms with Crippen molar-refractivity contribution < 1.29 is 19.5 Å². The van der Waals surface area contributed by atoms with Crippen LogP contribution >= 0.6 is 0 Å². The second-order valence-electron chi connectivity index (χ2n) is 7.25. The van der Waals surface area contributed by atoms with Crippen molar-refractivity contribution in [1.82, 2.24) is 4.90 Å². The van der Waals surface area contributed by atoms with Crippen LogP contribution in [-0.4, -0.2) is 40.4 Å². The summed E-state index contributed by atoms with van der Waals surface area (Å²) in [5, 5.41) is 12.3. The molecule has 0 spiro atoms. The Balaban J connectivity index is 1.70. The van der Waals surface area contributed by atoms with Gasteiger partial charge in [0.1, 0.15) is 6.04 Å². The summed E-state index contributed by atoms with van der Waals surface area (Å²) in [7, 11) is 0. The third-order valence-electron chi connectivity index (χ3n) is 5.40. The fourth-order valence-corrected chi connectivity index (χ4v) is 3.94. The maximum Gasteiger partial charge on any atom is 0.326 e. The quantitative estimate of drug-likeness (QED) is 0.865. The average molecular weight is 358 g/mol. The zero-order valence-electron chi connectivity index (χ0n) is 14.9. The van der Waals surface area contributed by atoms with Gasteiger partial charge in [-0.05, 0) is 50.3 Å². The summed E-state index contributed by atoms with van der Waals surface area (Å²) in [4.78, 5) is 38.1. The first kappa shape index (κ1) is 18.4. The van der Waals surface area contributed by atoms with Crippen molar-refractivity contribution in [3.05, 3.63) is 29.8 Å². The van der Waals surface area contributed by atoms with E-state index in [1.165, 1.54) is 11.3 Å². The van der Waals surface area contributed by atoms with Crippen LogP contribution in [0.2, 0.25) is 0 Å². The fourth-order valence-electron chi connectivity index (χ4n) is 3.94. The first-order chi connectivity index (χ1) is 12.6. The lowest BCUT2D eigenvalue weighted by molar-refractivity contribution is -0.143. The second-order valence-corrected chi connectivity index (χ2v) is 7.25. The van der Waals surface area contributed by atoms with Gasteiger partial charge in [0, 0.05) is 23.7 Å². The molecular weight excluding hydrogens is 332 g/mol. The first-order valence-electron chi connectivity index (χ1n) is 9.51. The van der Waals surface area contributed by atoms with Crippen LogP contribution in [0, 0.1) is 5.92 Å². The number of carbonyl (C=O) groups is 3. The van der Waals surface area contributed by atoms with Gasteiger partial charge >= 0.3 is 5.97 Å². The van der Waals surface area contributed by atoms with E-state index in [1.807, 2.05) is 0 Å². The number of amides is 2. The van der Waals surface area contributed by atoms with Crippen LogP contribution in [0.4, 0.5) is 5.69 Å². The Bertz CT molecular complexity index is 682. The number of carboxylic acid groups (broad SMARTS) is 1. The summed E-state index contributed by atoms with van der Waals surface area (Å²) in [6.45, 7) is 0.453. The zero-order valence-corrected chi connectivity index (χ0v) is 14.9. The topological polar surface area (TPSA) is 86.7 Å².